The molecule has 0 amide bonds. The van der Waals surface area contributed by atoms with Gasteiger partial charge in [-0.3, -0.25) is 0 Å². The topological polar surface area (TPSA) is 74.8 Å². The van der Waals surface area contributed by atoms with Crippen molar-refractivity contribution in [1.29, 1.82) is 0 Å². The summed E-state index contributed by atoms with van der Waals surface area (Å²) in [7, 11) is 0. The summed E-state index contributed by atoms with van der Waals surface area (Å²) in [5.74, 6) is 4.73. The maximum atomic E-state index is 5.59. The molecule has 0 bridgehead atoms. The lowest BCUT2D eigenvalue weighted by Crippen LogP contribution is -2.39. The highest BCUT2D eigenvalue weighted by molar-refractivity contribution is 7.80. The average Bonchev–Trinajstić information content (AvgIpc) is 3.31. The predicted molar refractivity (Wildman–Crippen MR) is 139 cm³/mol. The summed E-state index contributed by atoms with van der Waals surface area (Å²) in [6, 6.07) is 8.54. The summed E-state index contributed by atoms with van der Waals surface area (Å²) in [6.07, 6.45) is 6.13. The van der Waals surface area contributed by atoms with Crippen LogP contribution >= 0.6 is 12.2 Å². The van der Waals surface area contributed by atoms with Crippen molar-refractivity contribution in [2.75, 3.05) is 41.5 Å². The molecule has 2 aromatic rings. The minimum absolute atomic E-state index is 0.271. The van der Waals surface area contributed by atoms with Gasteiger partial charge in [0.05, 0.1) is 0 Å². The van der Waals surface area contributed by atoms with E-state index in [0.29, 0.717) is 29.6 Å². The maximum Gasteiger partial charge on any atom is 0.232 e. The van der Waals surface area contributed by atoms with Gasteiger partial charge in [0.15, 0.2) is 16.6 Å². The van der Waals surface area contributed by atoms with Gasteiger partial charge in [0.1, 0.15) is 11.6 Å². The number of aromatic nitrogens is 2. The van der Waals surface area contributed by atoms with Crippen LogP contribution in [0.4, 0.5) is 17.6 Å². The van der Waals surface area contributed by atoms with E-state index in [-0.39, 0.29) is 6.79 Å². The summed E-state index contributed by atoms with van der Waals surface area (Å²) in [6.45, 7) is 8.53. The number of hydrogen-bond acceptors (Lipinski definition) is 7. The molecule has 4 heterocycles. The molecule has 2 atom stereocenters. The molecule has 0 saturated carbocycles. The smallest absolute Gasteiger partial charge is 0.232 e. The molecule has 9 heteroatoms. The molecule has 3 aliphatic rings. The molecular weight excluding hydrogens is 448 g/mol. The van der Waals surface area contributed by atoms with Crippen LogP contribution in [0.5, 0.6) is 11.5 Å². The zero-order chi connectivity index (χ0) is 23.5. The van der Waals surface area contributed by atoms with E-state index in [9.17, 15) is 0 Å². The molecule has 2 fully saturated rings. The highest BCUT2D eigenvalue weighted by Crippen LogP contribution is 2.32. The fourth-order valence-corrected chi connectivity index (χ4v) is 5.17. The van der Waals surface area contributed by atoms with Crippen molar-refractivity contribution in [3.63, 3.8) is 0 Å². The highest BCUT2D eigenvalue weighted by atomic mass is 32.1. The number of fused-ring (bicyclic) bond motifs is 1. The van der Waals surface area contributed by atoms with E-state index >= 15 is 0 Å². The molecular formula is C25H34N6O2S. The van der Waals surface area contributed by atoms with Gasteiger partial charge in [-0.1, -0.05) is 13.0 Å². The number of rotatable bonds is 5. The van der Waals surface area contributed by atoms with Crippen LogP contribution in [0.25, 0.3) is 0 Å². The van der Waals surface area contributed by atoms with Crippen molar-refractivity contribution in [2.24, 2.45) is 5.92 Å². The molecule has 5 rings (SSSR count). The van der Waals surface area contributed by atoms with E-state index in [0.717, 1.165) is 48.3 Å². The molecule has 2 saturated heterocycles. The van der Waals surface area contributed by atoms with Gasteiger partial charge in [-0.05, 0) is 74.9 Å². The van der Waals surface area contributed by atoms with Gasteiger partial charge in [-0.15, -0.1) is 0 Å². The second-order valence-electron chi connectivity index (χ2n) is 9.63. The van der Waals surface area contributed by atoms with Gasteiger partial charge >= 0.3 is 0 Å². The fraction of sp³-hybridized carbons (Fsp3) is 0.560. The third-order valence-electron chi connectivity index (χ3n) is 6.89. The molecule has 0 spiro atoms. The number of hydrogen-bond donors (Lipinski definition) is 2. The Labute approximate surface area is 207 Å². The number of piperidine rings is 2. The number of ether oxygens (including phenoxy) is 2. The minimum Gasteiger partial charge on any atom is -0.454 e. The van der Waals surface area contributed by atoms with Crippen LogP contribution in [0.1, 0.15) is 51.5 Å². The van der Waals surface area contributed by atoms with Crippen molar-refractivity contribution in [1.82, 2.24) is 15.3 Å². The van der Waals surface area contributed by atoms with Crippen LogP contribution in [0.3, 0.4) is 0 Å². The molecule has 0 unspecified atom stereocenters. The van der Waals surface area contributed by atoms with E-state index in [2.05, 4.69) is 40.3 Å². The molecule has 0 aliphatic carbocycles. The van der Waals surface area contributed by atoms with Crippen LogP contribution in [0.15, 0.2) is 24.3 Å². The molecule has 34 heavy (non-hydrogen) atoms. The first kappa shape index (κ1) is 23.0. The standard InChI is InChI=1S/C25H34N6O2S/c1-17-6-5-10-30(15-17)22-13-23(31-11-4-3-7-18(31)2)28-24(27-22)29-25(34)26-14-19-8-9-20-21(12-19)33-16-32-20/h8-9,12-13,17-18H,3-7,10-11,14-16H2,1-2H3,(H2,26,27,28,29,34)/t17-,18+/m1/s1. The average molecular weight is 483 g/mol. The zero-order valence-corrected chi connectivity index (χ0v) is 20.9. The van der Waals surface area contributed by atoms with E-state index in [1.54, 1.807) is 0 Å². The summed E-state index contributed by atoms with van der Waals surface area (Å²) in [5, 5.41) is 7.01. The van der Waals surface area contributed by atoms with Crippen molar-refractivity contribution in [3.05, 3.63) is 29.8 Å². The van der Waals surface area contributed by atoms with Crippen molar-refractivity contribution in [3.8, 4) is 11.5 Å². The lowest BCUT2D eigenvalue weighted by Gasteiger charge is -2.36. The molecule has 0 radical (unpaired) electrons. The number of nitrogens with one attached hydrogen (secondary N) is 2. The van der Waals surface area contributed by atoms with Crippen LogP contribution in [-0.2, 0) is 6.54 Å². The van der Waals surface area contributed by atoms with Gasteiger partial charge in [0.25, 0.3) is 0 Å². The molecule has 3 aliphatic heterocycles. The van der Waals surface area contributed by atoms with Crippen LogP contribution in [-0.4, -0.2) is 47.5 Å². The second-order valence-corrected chi connectivity index (χ2v) is 10.0. The molecule has 1 aromatic heterocycles. The van der Waals surface area contributed by atoms with Crippen molar-refractivity contribution < 1.29 is 9.47 Å². The van der Waals surface area contributed by atoms with E-state index in [4.69, 9.17) is 31.7 Å². The zero-order valence-electron chi connectivity index (χ0n) is 20.0. The van der Waals surface area contributed by atoms with E-state index in [1.165, 1.54) is 32.1 Å². The third-order valence-corrected chi connectivity index (χ3v) is 7.14. The Hall–Kier alpha value is -2.81. The molecule has 1 aromatic carbocycles. The normalized spacial score (nSPS) is 21.9. The lowest BCUT2D eigenvalue weighted by atomic mass is 10.0. The van der Waals surface area contributed by atoms with Crippen LogP contribution < -0.4 is 29.9 Å². The third kappa shape index (κ3) is 5.29. The van der Waals surface area contributed by atoms with Gasteiger partial charge in [0, 0.05) is 38.3 Å². The first-order valence-corrected chi connectivity index (χ1v) is 12.8. The monoisotopic (exact) mass is 482 g/mol. The Morgan fingerprint density at radius 1 is 1.03 bits per heavy atom. The maximum absolute atomic E-state index is 5.59. The fourth-order valence-electron chi connectivity index (χ4n) is 5.00. The number of anilines is 3. The van der Waals surface area contributed by atoms with E-state index < -0.39 is 0 Å². The molecule has 8 nitrogen and oxygen atoms in total. The van der Waals surface area contributed by atoms with Gasteiger partial charge < -0.3 is 29.9 Å². The Balaban J connectivity index is 1.31. The number of nitrogens with zero attached hydrogens (tertiary/aromatic N) is 4. The van der Waals surface area contributed by atoms with Crippen molar-refractivity contribution >= 4 is 34.9 Å². The van der Waals surface area contributed by atoms with E-state index in [1.807, 2.05) is 18.2 Å². The largest absolute Gasteiger partial charge is 0.454 e. The Bertz CT molecular complexity index is 1030. The van der Waals surface area contributed by atoms with Crippen LogP contribution in [0, 0.1) is 5.92 Å². The molecule has 2 N–H and O–H groups in total. The van der Waals surface area contributed by atoms with Gasteiger partial charge in [-0.25, -0.2) is 0 Å². The Kier molecular flexibility index (Phi) is 6.89. The summed E-state index contributed by atoms with van der Waals surface area (Å²) in [4.78, 5) is 14.5. The second kappa shape index (κ2) is 10.2. The summed E-state index contributed by atoms with van der Waals surface area (Å²) >= 11 is 5.59. The lowest BCUT2D eigenvalue weighted by molar-refractivity contribution is 0.174. The summed E-state index contributed by atoms with van der Waals surface area (Å²) in [5.41, 5.74) is 1.06. The summed E-state index contributed by atoms with van der Waals surface area (Å²) < 4.78 is 10.9. The first-order chi connectivity index (χ1) is 16.5. The minimum atomic E-state index is 0.271. The van der Waals surface area contributed by atoms with Gasteiger partial charge in [-0.2, -0.15) is 9.97 Å². The van der Waals surface area contributed by atoms with Gasteiger partial charge in [0.2, 0.25) is 12.7 Å². The highest BCUT2D eigenvalue weighted by Gasteiger charge is 2.24. The quantitative estimate of drug-likeness (QED) is 0.607. The first-order valence-electron chi connectivity index (χ1n) is 12.4. The number of thiocarbonyl (C=S) groups is 1. The SMILES string of the molecule is C[C@@H]1CCCN(c2cc(N3CCCC[C@@H]3C)nc(NC(=S)NCc3ccc4c(c3)OCO4)n2)C1. The number of benzene rings is 1. The van der Waals surface area contributed by atoms with Crippen molar-refractivity contribution in [2.45, 2.75) is 58.5 Å². The molecule has 182 valence electrons. The van der Waals surface area contributed by atoms with Crippen LogP contribution in [0.2, 0.25) is 0 Å². The Morgan fingerprint density at radius 2 is 1.88 bits per heavy atom. The predicted octanol–water partition coefficient (Wildman–Crippen LogP) is 4.31. The Morgan fingerprint density at radius 3 is 2.74 bits per heavy atom.